The van der Waals surface area contributed by atoms with Gasteiger partial charge in [0, 0.05) is 32.2 Å². The van der Waals surface area contributed by atoms with Crippen molar-refractivity contribution in [1.29, 1.82) is 0 Å². The standard InChI is InChI=1S/C18H27ClFN3O/c1-12(2)13(3)21-14(4)18(24)23-9-7-22(8-10-23)17-6-5-15(20)11-16(17)19/h5-6,11-14,21H,7-10H2,1-4H3/t13-,14-/m1/s1. The first-order valence-electron chi connectivity index (χ1n) is 8.54. The molecule has 0 saturated carbocycles. The van der Waals surface area contributed by atoms with Gasteiger partial charge in [-0.1, -0.05) is 25.4 Å². The molecule has 0 spiro atoms. The average molecular weight is 356 g/mol. The molecule has 4 nitrogen and oxygen atoms in total. The fourth-order valence-corrected chi connectivity index (χ4v) is 3.12. The fourth-order valence-electron chi connectivity index (χ4n) is 2.84. The minimum absolute atomic E-state index is 0.132. The van der Waals surface area contributed by atoms with Gasteiger partial charge >= 0.3 is 0 Å². The van der Waals surface area contributed by atoms with Crippen molar-refractivity contribution in [3.63, 3.8) is 0 Å². The number of rotatable bonds is 5. The summed E-state index contributed by atoms with van der Waals surface area (Å²) in [7, 11) is 0. The summed E-state index contributed by atoms with van der Waals surface area (Å²) in [6, 6.07) is 4.54. The van der Waals surface area contributed by atoms with Crippen LogP contribution in [-0.4, -0.2) is 49.1 Å². The second-order valence-electron chi connectivity index (χ2n) is 6.83. The van der Waals surface area contributed by atoms with Gasteiger partial charge in [0.2, 0.25) is 5.91 Å². The minimum atomic E-state index is -0.336. The summed E-state index contributed by atoms with van der Waals surface area (Å²) < 4.78 is 13.2. The third kappa shape index (κ3) is 4.61. The Kier molecular flexibility index (Phi) is 6.47. The van der Waals surface area contributed by atoms with Crippen LogP contribution in [0.3, 0.4) is 0 Å². The predicted octanol–water partition coefficient (Wildman–Crippen LogP) is 3.15. The van der Waals surface area contributed by atoms with E-state index in [2.05, 4.69) is 31.0 Å². The number of benzene rings is 1. The first kappa shape index (κ1) is 19.0. The summed E-state index contributed by atoms with van der Waals surface area (Å²) in [5.41, 5.74) is 0.824. The molecule has 1 fully saturated rings. The summed E-state index contributed by atoms with van der Waals surface area (Å²) in [6.45, 7) is 11.0. The largest absolute Gasteiger partial charge is 0.367 e. The first-order valence-corrected chi connectivity index (χ1v) is 8.92. The van der Waals surface area contributed by atoms with Crippen molar-refractivity contribution in [2.45, 2.75) is 39.8 Å². The molecular formula is C18H27ClFN3O. The summed E-state index contributed by atoms with van der Waals surface area (Å²) in [4.78, 5) is 16.6. The predicted molar refractivity (Wildman–Crippen MR) is 97.1 cm³/mol. The van der Waals surface area contributed by atoms with E-state index < -0.39 is 0 Å². The number of anilines is 1. The van der Waals surface area contributed by atoms with Crippen LogP contribution < -0.4 is 10.2 Å². The van der Waals surface area contributed by atoms with Gasteiger partial charge in [-0.2, -0.15) is 0 Å². The monoisotopic (exact) mass is 355 g/mol. The van der Waals surface area contributed by atoms with E-state index in [4.69, 9.17) is 11.6 Å². The second-order valence-corrected chi connectivity index (χ2v) is 7.24. The lowest BCUT2D eigenvalue weighted by Crippen LogP contribution is -2.55. The molecule has 1 amide bonds. The van der Waals surface area contributed by atoms with E-state index in [9.17, 15) is 9.18 Å². The average Bonchev–Trinajstić information content (AvgIpc) is 2.54. The molecule has 1 aliphatic rings. The van der Waals surface area contributed by atoms with Crippen LogP contribution in [0.2, 0.25) is 5.02 Å². The Morgan fingerprint density at radius 1 is 1.17 bits per heavy atom. The molecule has 0 bridgehead atoms. The van der Waals surface area contributed by atoms with E-state index in [0.29, 0.717) is 43.2 Å². The normalized spacial score (nSPS) is 18.0. The topological polar surface area (TPSA) is 35.6 Å². The van der Waals surface area contributed by atoms with Crippen LogP contribution in [-0.2, 0) is 4.79 Å². The molecule has 1 saturated heterocycles. The molecule has 24 heavy (non-hydrogen) atoms. The van der Waals surface area contributed by atoms with E-state index in [1.807, 2.05) is 11.8 Å². The molecule has 2 rings (SSSR count). The Hall–Kier alpha value is -1.33. The summed E-state index contributed by atoms with van der Waals surface area (Å²) in [5.74, 6) is 0.279. The number of nitrogens with one attached hydrogen (secondary N) is 1. The quantitative estimate of drug-likeness (QED) is 0.881. The van der Waals surface area contributed by atoms with E-state index in [0.717, 1.165) is 5.69 Å². The molecule has 134 valence electrons. The molecule has 1 N–H and O–H groups in total. The van der Waals surface area contributed by atoms with E-state index in [1.54, 1.807) is 6.07 Å². The highest BCUT2D eigenvalue weighted by Gasteiger charge is 2.26. The smallest absolute Gasteiger partial charge is 0.239 e. The van der Waals surface area contributed by atoms with Crippen LogP contribution in [0.4, 0.5) is 10.1 Å². The molecule has 0 unspecified atom stereocenters. The molecule has 6 heteroatoms. The highest BCUT2D eigenvalue weighted by atomic mass is 35.5. The fraction of sp³-hybridized carbons (Fsp3) is 0.611. The number of hydrogen-bond donors (Lipinski definition) is 1. The lowest BCUT2D eigenvalue weighted by molar-refractivity contribution is -0.133. The molecule has 1 aromatic carbocycles. The van der Waals surface area contributed by atoms with Crippen molar-refractivity contribution in [2.24, 2.45) is 5.92 Å². The SMILES string of the molecule is CC(C)[C@@H](C)N[C@H](C)C(=O)N1CCN(c2ccc(F)cc2Cl)CC1. The Morgan fingerprint density at radius 3 is 2.33 bits per heavy atom. The van der Waals surface area contributed by atoms with E-state index in [1.165, 1.54) is 12.1 Å². The van der Waals surface area contributed by atoms with Crippen molar-refractivity contribution in [3.05, 3.63) is 29.0 Å². The zero-order valence-corrected chi connectivity index (χ0v) is 15.6. The van der Waals surface area contributed by atoms with Gasteiger partial charge in [0.1, 0.15) is 5.82 Å². The van der Waals surface area contributed by atoms with Gasteiger partial charge < -0.3 is 15.1 Å². The Bertz CT molecular complexity index is 573. The van der Waals surface area contributed by atoms with Crippen molar-refractivity contribution in [3.8, 4) is 0 Å². The van der Waals surface area contributed by atoms with Gasteiger partial charge in [0.15, 0.2) is 0 Å². The van der Waals surface area contributed by atoms with Gasteiger partial charge in [-0.25, -0.2) is 4.39 Å². The van der Waals surface area contributed by atoms with Crippen molar-refractivity contribution >= 4 is 23.2 Å². The van der Waals surface area contributed by atoms with Gasteiger partial charge in [0.25, 0.3) is 0 Å². The van der Waals surface area contributed by atoms with Crippen LogP contribution in [0, 0.1) is 11.7 Å². The third-order valence-corrected chi connectivity index (χ3v) is 5.03. The van der Waals surface area contributed by atoms with Crippen LogP contribution >= 0.6 is 11.6 Å². The lowest BCUT2D eigenvalue weighted by atomic mass is 10.1. The van der Waals surface area contributed by atoms with Gasteiger partial charge in [0.05, 0.1) is 16.8 Å². The number of nitrogens with zero attached hydrogens (tertiary/aromatic N) is 2. The molecule has 1 heterocycles. The summed E-state index contributed by atoms with van der Waals surface area (Å²) >= 11 is 6.13. The molecule has 2 atom stereocenters. The van der Waals surface area contributed by atoms with Crippen molar-refractivity contribution < 1.29 is 9.18 Å². The van der Waals surface area contributed by atoms with Crippen LogP contribution in [0.25, 0.3) is 0 Å². The van der Waals surface area contributed by atoms with E-state index >= 15 is 0 Å². The maximum Gasteiger partial charge on any atom is 0.239 e. The summed E-state index contributed by atoms with van der Waals surface area (Å²) in [6.07, 6.45) is 0. The highest BCUT2D eigenvalue weighted by Crippen LogP contribution is 2.27. The highest BCUT2D eigenvalue weighted by molar-refractivity contribution is 6.33. The molecule has 1 aromatic rings. The minimum Gasteiger partial charge on any atom is -0.367 e. The first-order chi connectivity index (χ1) is 11.3. The third-order valence-electron chi connectivity index (χ3n) is 4.73. The molecule has 0 aliphatic carbocycles. The van der Waals surface area contributed by atoms with Crippen molar-refractivity contribution in [1.82, 2.24) is 10.2 Å². The maximum absolute atomic E-state index is 13.2. The Labute approximate surface area is 149 Å². The molecule has 1 aliphatic heterocycles. The zero-order valence-electron chi connectivity index (χ0n) is 14.9. The molecule has 0 radical (unpaired) electrons. The number of hydrogen-bond acceptors (Lipinski definition) is 3. The number of halogens is 2. The van der Waals surface area contributed by atoms with E-state index in [-0.39, 0.29) is 17.8 Å². The summed E-state index contributed by atoms with van der Waals surface area (Å²) in [5, 5.41) is 3.78. The van der Waals surface area contributed by atoms with Crippen LogP contribution in [0.5, 0.6) is 0 Å². The second kappa shape index (κ2) is 8.17. The van der Waals surface area contributed by atoms with Gasteiger partial charge in [-0.15, -0.1) is 0 Å². The van der Waals surface area contributed by atoms with Gasteiger partial charge in [-0.3, -0.25) is 4.79 Å². The van der Waals surface area contributed by atoms with Crippen molar-refractivity contribution in [2.75, 3.05) is 31.1 Å². The van der Waals surface area contributed by atoms with Crippen LogP contribution in [0.1, 0.15) is 27.7 Å². The number of carbonyl (C=O) groups excluding carboxylic acids is 1. The van der Waals surface area contributed by atoms with Gasteiger partial charge in [-0.05, 0) is 38.0 Å². The number of amides is 1. The number of piperazine rings is 1. The Morgan fingerprint density at radius 2 is 1.79 bits per heavy atom. The molecule has 0 aromatic heterocycles. The maximum atomic E-state index is 13.2. The number of carbonyl (C=O) groups is 1. The lowest BCUT2D eigenvalue weighted by Gasteiger charge is -2.38. The van der Waals surface area contributed by atoms with Crippen LogP contribution in [0.15, 0.2) is 18.2 Å². The Balaban J connectivity index is 1.91. The molecular weight excluding hydrogens is 329 g/mol. The zero-order chi connectivity index (χ0) is 17.9.